The van der Waals surface area contributed by atoms with Gasteiger partial charge in [0.1, 0.15) is 13.2 Å². The van der Waals surface area contributed by atoms with E-state index in [1.165, 1.54) is 109 Å². The summed E-state index contributed by atoms with van der Waals surface area (Å²) in [5, 5.41) is 0. The van der Waals surface area contributed by atoms with Crippen molar-refractivity contribution >= 4 is 17.9 Å². The van der Waals surface area contributed by atoms with Gasteiger partial charge in [0.2, 0.25) is 0 Å². The van der Waals surface area contributed by atoms with E-state index in [-0.39, 0.29) is 31.1 Å². The molecule has 0 heterocycles. The SMILES string of the molecule is CCCCCCCCCCCCCCCCCC(=O)OC[C@H](COC(=O)CCCCCCC)OC(=O)CCCCCCCCC(C)C. The number of esters is 3. The monoisotopic (exact) mass is 667 g/mol. The predicted molar refractivity (Wildman–Crippen MR) is 196 cm³/mol. The molecule has 0 saturated heterocycles. The average molecular weight is 667 g/mol. The van der Waals surface area contributed by atoms with Crippen LogP contribution in [0.25, 0.3) is 0 Å². The van der Waals surface area contributed by atoms with Gasteiger partial charge in [-0.1, -0.05) is 182 Å². The van der Waals surface area contributed by atoms with Crippen LogP contribution in [0.5, 0.6) is 0 Å². The molecule has 0 rings (SSSR count). The molecule has 0 aliphatic rings. The molecule has 0 fully saturated rings. The molecule has 0 radical (unpaired) electrons. The maximum atomic E-state index is 12.6. The Kier molecular flexibility index (Phi) is 34.5. The fourth-order valence-corrected chi connectivity index (χ4v) is 5.92. The zero-order chi connectivity index (χ0) is 34.6. The lowest BCUT2D eigenvalue weighted by Crippen LogP contribution is -2.30. The average Bonchev–Trinajstić information content (AvgIpc) is 3.05. The zero-order valence-corrected chi connectivity index (χ0v) is 31.7. The molecule has 47 heavy (non-hydrogen) atoms. The molecular weight excluding hydrogens is 588 g/mol. The first-order chi connectivity index (χ1) is 22.9. The molecule has 0 aliphatic heterocycles. The third-order valence-electron chi connectivity index (χ3n) is 9.04. The molecule has 0 N–H and O–H groups in total. The first kappa shape index (κ1) is 45.4. The van der Waals surface area contributed by atoms with Crippen molar-refractivity contribution in [2.24, 2.45) is 5.92 Å². The van der Waals surface area contributed by atoms with E-state index in [0.717, 1.165) is 70.1 Å². The molecule has 0 aromatic carbocycles. The van der Waals surface area contributed by atoms with E-state index in [9.17, 15) is 14.4 Å². The van der Waals surface area contributed by atoms with E-state index in [1.807, 2.05) is 0 Å². The largest absolute Gasteiger partial charge is 0.462 e. The van der Waals surface area contributed by atoms with Crippen molar-refractivity contribution in [3.63, 3.8) is 0 Å². The lowest BCUT2D eigenvalue weighted by atomic mass is 10.0. The maximum absolute atomic E-state index is 12.6. The Bertz CT molecular complexity index is 706. The number of hydrogen-bond donors (Lipinski definition) is 0. The Morgan fingerprint density at radius 1 is 0.404 bits per heavy atom. The minimum absolute atomic E-state index is 0.0665. The molecule has 0 aromatic heterocycles. The van der Waals surface area contributed by atoms with Crippen LogP contribution in [0, 0.1) is 5.92 Å². The van der Waals surface area contributed by atoms with Crippen LogP contribution in [0.4, 0.5) is 0 Å². The van der Waals surface area contributed by atoms with Crippen molar-refractivity contribution in [3.8, 4) is 0 Å². The Labute approximate surface area is 291 Å². The lowest BCUT2D eigenvalue weighted by molar-refractivity contribution is -0.167. The van der Waals surface area contributed by atoms with Gasteiger partial charge in [0, 0.05) is 19.3 Å². The van der Waals surface area contributed by atoms with Gasteiger partial charge in [-0.3, -0.25) is 14.4 Å². The van der Waals surface area contributed by atoms with Crippen LogP contribution in [0.3, 0.4) is 0 Å². The molecule has 6 nitrogen and oxygen atoms in total. The number of ether oxygens (including phenoxy) is 3. The lowest BCUT2D eigenvalue weighted by Gasteiger charge is -2.18. The van der Waals surface area contributed by atoms with Crippen molar-refractivity contribution in [1.29, 1.82) is 0 Å². The number of carbonyl (C=O) groups excluding carboxylic acids is 3. The highest BCUT2D eigenvalue weighted by Crippen LogP contribution is 2.15. The van der Waals surface area contributed by atoms with Gasteiger partial charge in [0.25, 0.3) is 0 Å². The summed E-state index contributed by atoms with van der Waals surface area (Å²) in [5.41, 5.74) is 0. The molecule has 0 aromatic rings. The molecule has 278 valence electrons. The number of hydrogen-bond acceptors (Lipinski definition) is 6. The predicted octanol–water partition coefficient (Wildman–Crippen LogP) is 12.4. The molecule has 0 bridgehead atoms. The Balaban J connectivity index is 4.19. The molecular formula is C41H78O6. The smallest absolute Gasteiger partial charge is 0.306 e. The van der Waals surface area contributed by atoms with E-state index in [2.05, 4.69) is 27.7 Å². The highest BCUT2D eigenvalue weighted by molar-refractivity contribution is 5.71. The molecule has 0 spiro atoms. The van der Waals surface area contributed by atoms with Crippen LogP contribution in [0.15, 0.2) is 0 Å². The van der Waals surface area contributed by atoms with E-state index < -0.39 is 6.10 Å². The fourth-order valence-electron chi connectivity index (χ4n) is 5.92. The number of carbonyl (C=O) groups is 3. The van der Waals surface area contributed by atoms with E-state index >= 15 is 0 Å². The minimum atomic E-state index is -0.757. The summed E-state index contributed by atoms with van der Waals surface area (Å²) in [6, 6.07) is 0. The summed E-state index contributed by atoms with van der Waals surface area (Å²) >= 11 is 0. The first-order valence-corrected chi connectivity index (χ1v) is 20.4. The van der Waals surface area contributed by atoms with E-state index in [0.29, 0.717) is 19.3 Å². The highest BCUT2D eigenvalue weighted by atomic mass is 16.6. The van der Waals surface area contributed by atoms with Crippen molar-refractivity contribution in [3.05, 3.63) is 0 Å². The third-order valence-corrected chi connectivity index (χ3v) is 9.04. The van der Waals surface area contributed by atoms with Crippen molar-refractivity contribution in [1.82, 2.24) is 0 Å². The highest BCUT2D eigenvalue weighted by Gasteiger charge is 2.19. The minimum Gasteiger partial charge on any atom is -0.462 e. The second kappa shape index (κ2) is 35.7. The molecule has 6 heteroatoms. The van der Waals surface area contributed by atoms with Gasteiger partial charge < -0.3 is 14.2 Å². The fraction of sp³-hybridized carbons (Fsp3) is 0.927. The van der Waals surface area contributed by atoms with Crippen molar-refractivity contribution in [2.75, 3.05) is 13.2 Å². The van der Waals surface area contributed by atoms with Gasteiger partial charge >= 0.3 is 17.9 Å². The van der Waals surface area contributed by atoms with Crippen LogP contribution in [-0.4, -0.2) is 37.2 Å². The summed E-state index contributed by atoms with van der Waals surface area (Å²) in [5.74, 6) is -0.121. The van der Waals surface area contributed by atoms with Crippen molar-refractivity contribution in [2.45, 2.75) is 226 Å². The van der Waals surface area contributed by atoms with E-state index in [4.69, 9.17) is 14.2 Å². The van der Waals surface area contributed by atoms with E-state index in [1.54, 1.807) is 0 Å². The van der Waals surface area contributed by atoms with Crippen LogP contribution in [0.1, 0.15) is 220 Å². The van der Waals surface area contributed by atoms with Gasteiger partial charge in [-0.25, -0.2) is 0 Å². The van der Waals surface area contributed by atoms with Gasteiger partial charge in [-0.2, -0.15) is 0 Å². The second-order valence-electron chi connectivity index (χ2n) is 14.4. The summed E-state index contributed by atoms with van der Waals surface area (Å²) in [4.78, 5) is 37.2. The third kappa shape index (κ3) is 35.5. The second-order valence-corrected chi connectivity index (χ2v) is 14.4. The Hall–Kier alpha value is -1.59. The van der Waals surface area contributed by atoms with Gasteiger partial charge in [-0.05, 0) is 25.2 Å². The quantitative estimate of drug-likeness (QED) is 0.0376. The normalized spacial score (nSPS) is 11.9. The molecule has 0 amide bonds. The molecule has 0 saturated carbocycles. The molecule has 0 unspecified atom stereocenters. The van der Waals surface area contributed by atoms with Crippen molar-refractivity contribution < 1.29 is 28.6 Å². The van der Waals surface area contributed by atoms with Gasteiger partial charge in [0.15, 0.2) is 6.10 Å². The van der Waals surface area contributed by atoms with Crippen LogP contribution in [0.2, 0.25) is 0 Å². The topological polar surface area (TPSA) is 78.9 Å². The summed E-state index contributed by atoms with van der Waals surface area (Å²) < 4.78 is 16.5. The number of rotatable bonds is 36. The van der Waals surface area contributed by atoms with Crippen LogP contribution >= 0.6 is 0 Å². The van der Waals surface area contributed by atoms with Crippen LogP contribution in [-0.2, 0) is 28.6 Å². The zero-order valence-electron chi connectivity index (χ0n) is 31.7. The number of unbranched alkanes of at least 4 members (excludes halogenated alkanes) is 23. The maximum Gasteiger partial charge on any atom is 0.306 e. The van der Waals surface area contributed by atoms with Crippen LogP contribution < -0.4 is 0 Å². The summed E-state index contributed by atoms with van der Waals surface area (Å²) in [6.45, 7) is 8.82. The summed E-state index contributed by atoms with van der Waals surface area (Å²) in [7, 11) is 0. The Morgan fingerprint density at radius 2 is 0.702 bits per heavy atom. The first-order valence-electron chi connectivity index (χ1n) is 20.4. The Morgan fingerprint density at radius 3 is 1.04 bits per heavy atom. The van der Waals surface area contributed by atoms with Gasteiger partial charge in [-0.15, -0.1) is 0 Å². The molecule has 0 aliphatic carbocycles. The molecule has 1 atom stereocenters. The van der Waals surface area contributed by atoms with Gasteiger partial charge in [0.05, 0.1) is 0 Å². The summed E-state index contributed by atoms with van der Waals surface area (Å²) in [6.07, 6.45) is 32.7. The standard InChI is InChI=1S/C41H78O6/c1-5-7-9-11-12-13-14-15-16-17-18-19-20-25-29-33-40(43)46-36-38(35-45-39(42)32-28-23-10-8-6-2)47-41(44)34-30-26-22-21-24-27-31-37(3)4/h37-38H,5-36H2,1-4H3/t38-/m0/s1.